The van der Waals surface area contributed by atoms with Crippen molar-refractivity contribution in [3.8, 4) is 17.2 Å². The van der Waals surface area contributed by atoms with Gasteiger partial charge in [0.25, 0.3) is 0 Å². The number of nitrogens with zero attached hydrogens (tertiary/aromatic N) is 1. The van der Waals surface area contributed by atoms with Crippen molar-refractivity contribution in [2.45, 2.75) is 25.6 Å². The number of nitrogens with one attached hydrogen (secondary N) is 1. The van der Waals surface area contributed by atoms with Crippen LogP contribution in [0.4, 0.5) is 13.2 Å². The van der Waals surface area contributed by atoms with E-state index in [1.807, 2.05) is 18.2 Å². The third-order valence-electron chi connectivity index (χ3n) is 6.31. The van der Waals surface area contributed by atoms with Crippen LogP contribution in [0, 0.1) is 11.8 Å². The van der Waals surface area contributed by atoms with Crippen LogP contribution in [0.15, 0.2) is 42.5 Å². The summed E-state index contributed by atoms with van der Waals surface area (Å²) in [5.74, 6) is 1.05. The molecule has 10 heteroatoms. The zero-order valence-electron chi connectivity index (χ0n) is 21.5. The Morgan fingerprint density at radius 2 is 1.84 bits per heavy atom. The van der Waals surface area contributed by atoms with Gasteiger partial charge in [-0.15, -0.1) is 0 Å². The van der Waals surface area contributed by atoms with E-state index < -0.39 is 11.7 Å². The molecule has 3 rings (SSSR count). The molecule has 0 aromatic heterocycles. The first-order valence-corrected chi connectivity index (χ1v) is 12.2. The highest BCUT2D eigenvalue weighted by atomic mass is 19.4. The molecule has 204 valence electrons. The van der Waals surface area contributed by atoms with Crippen LogP contribution in [0.3, 0.4) is 0 Å². The molecule has 2 atom stereocenters. The summed E-state index contributed by atoms with van der Waals surface area (Å²) in [4.78, 5) is 15.1. The lowest BCUT2D eigenvalue weighted by Gasteiger charge is -2.37. The van der Waals surface area contributed by atoms with Crippen molar-refractivity contribution in [3.05, 3.63) is 53.6 Å². The minimum absolute atomic E-state index is 0.0434. The predicted molar refractivity (Wildman–Crippen MR) is 133 cm³/mol. The summed E-state index contributed by atoms with van der Waals surface area (Å²) < 4.78 is 60.8. The first-order chi connectivity index (χ1) is 17.7. The molecule has 1 heterocycles. The molecule has 1 saturated heterocycles. The number of halogens is 3. The highest BCUT2D eigenvalue weighted by Gasteiger charge is 2.33. The zero-order valence-corrected chi connectivity index (χ0v) is 21.5. The molecule has 2 aromatic carbocycles. The molecule has 0 radical (unpaired) electrons. The number of amides is 1. The topological polar surface area (TPSA) is 69.3 Å². The van der Waals surface area contributed by atoms with Gasteiger partial charge in [-0.1, -0.05) is 12.1 Å². The molecule has 37 heavy (non-hydrogen) atoms. The van der Waals surface area contributed by atoms with Crippen LogP contribution in [-0.4, -0.2) is 65.0 Å². The standard InChI is InChI=1S/C27H35F3N2O5/c1-34-11-5-10-31-26(33)21-12-20(18-37-23-7-4-6-22(14-23)27(28,29)30)16-32(17-21)15-19-8-9-24(35-2)25(13-19)36-3/h4,6-9,13-14,20-21H,5,10-12,15-18H2,1-3H3,(H,31,33)/t20-,21+/m0/s1. The highest BCUT2D eigenvalue weighted by Crippen LogP contribution is 2.32. The number of hydrogen-bond donors (Lipinski definition) is 1. The van der Waals surface area contributed by atoms with E-state index in [-0.39, 0.29) is 30.1 Å². The van der Waals surface area contributed by atoms with E-state index in [0.717, 1.165) is 17.7 Å². The largest absolute Gasteiger partial charge is 0.493 e. The van der Waals surface area contributed by atoms with Crippen molar-refractivity contribution >= 4 is 5.91 Å². The van der Waals surface area contributed by atoms with E-state index in [4.69, 9.17) is 18.9 Å². The fourth-order valence-corrected chi connectivity index (χ4v) is 4.53. The quantitative estimate of drug-likeness (QED) is 0.416. The molecule has 1 aliphatic heterocycles. The first-order valence-electron chi connectivity index (χ1n) is 12.2. The third-order valence-corrected chi connectivity index (χ3v) is 6.31. The zero-order chi connectivity index (χ0) is 26.8. The van der Waals surface area contributed by atoms with E-state index in [1.165, 1.54) is 12.1 Å². The number of carbonyl (C=O) groups is 1. The van der Waals surface area contributed by atoms with Crippen LogP contribution in [0.5, 0.6) is 17.2 Å². The Balaban J connectivity index is 1.70. The summed E-state index contributed by atoms with van der Waals surface area (Å²) in [6.45, 7) is 3.06. The molecule has 1 amide bonds. The maximum atomic E-state index is 13.1. The van der Waals surface area contributed by atoms with Gasteiger partial charge in [-0.2, -0.15) is 13.2 Å². The van der Waals surface area contributed by atoms with E-state index in [9.17, 15) is 18.0 Å². The lowest BCUT2D eigenvalue weighted by atomic mass is 9.88. The van der Waals surface area contributed by atoms with Crippen LogP contribution in [0.1, 0.15) is 24.0 Å². The average molecular weight is 525 g/mol. The number of alkyl halides is 3. The molecule has 2 aromatic rings. The van der Waals surface area contributed by atoms with Gasteiger partial charge in [0.15, 0.2) is 11.5 Å². The molecule has 0 spiro atoms. The fraction of sp³-hybridized carbons (Fsp3) is 0.519. The number of ether oxygens (including phenoxy) is 4. The minimum Gasteiger partial charge on any atom is -0.493 e. The maximum Gasteiger partial charge on any atom is 0.416 e. The second kappa shape index (κ2) is 13.5. The summed E-state index contributed by atoms with van der Waals surface area (Å²) in [6, 6.07) is 10.6. The number of carbonyl (C=O) groups excluding carboxylic acids is 1. The van der Waals surface area contributed by atoms with Crippen molar-refractivity contribution in [2.75, 3.05) is 54.2 Å². The number of piperidine rings is 1. The minimum atomic E-state index is -4.44. The van der Waals surface area contributed by atoms with Gasteiger partial charge >= 0.3 is 6.18 Å². The van der Waals surface area contributed by atoms with Gasteiger partial charge in [0.05, 0.1) is 32.3 Å². The summed E-state index contributed by atoms with van der Waals surface area (Å²) in [7, 11) is 4.77. The molecule has 7 nitrogen and oxygen atoms in total. The van der Waals surface area contributed by atoms with Gasteiger partial charge in [-0.25, -0.2) is 0 Å². The van der Waals surface area contributed by atoms with Crippen LogP contribution < -0.4 is 19.5 Å². The molecular weight excluding hydrogens is 489 g/mol. The van der Waals surface area contributed by atoms with Gasteiger partial charge in [-0.3, -0.25) is 9.69 Å². The lowest BCUT2D eigenvalue weighted by Crippen LogP contribution is -2.47. The van der Waals surface area contributed by atoms with E-state index >= 15 is 0 Å². The first kappa shape index (κ1) is 28.6. The Labute approximate surface area is 215 Å². The summed E-state index contributed by atoms with van der Waals surface area (Å²) in [5, 5.41) is 2.98. The highest BCUT2D eigenvalue weighted by molar-refractivity contribution is 5.79. The number of hydrogen-bond acceptors (Lipinski definition) is 6. The van der Waals surface area contributed by atoms with Gasteiger partial charge in [-0.05, 0) is 48.7 Å². The molecule has 1 N–H and O–H groups in total. The van der Waals surface area contributed by atoms with Crippen LogP contribution in [-0.2, 0) is 22.3 Å². The Morgan fingerprint density at radius 1 is 1.05 bits per heavy atom. The number of benzene rings is 2. The molecule has 0 saturated carbocycles. The van der Waals surface area contributed by atoms with E-state index in [1.54, 1.807) is 21.3 Å². The molecule has 0 unspecified atom stereocenters. The van der Waals surface area contributed by atoms with Crippen molar-refractivity contribution < 1.29 is 36.9 Å². The normalized spacial score (nSPS) is 18.3. The summed E-state index contributed by atoms with van der Waals surface area (Å²) in [6.07, 6.45) is -3.14. The SMILES string of the molecule is COCCCNC(=O)[C@@H]1C[C@H](COc2cccc(C(F)(F)F)c2)CN(Cc2ccc(OC)c(OC)c2)C1. The predicted octanol–water partition coefficient (Wildman–Crippen LogP) is 4.39. The number of likely N-dealkylation sites (tertiary alicyclic amines) is 1. The molecule has 0 aliphatic carbocycles. The Hall–Kier alpha value is -2.98. The molecule has 1 fully saturated rings. The maximum absolute atomic E-state index is 13.1. The Morgan fingerprint density at radius 3 is 2.54 bits per heavy atom. The van der Waals surface area contributed by atoms with Crippen LogP contribution in [0.2, 0.25) is 0 Å². The van der Waals surface area contributed by atoms with Crippen molar-refractivity contribution in [2.24, 2.45) is 11.8 Å². The van der Waals surface area contributed by atoms with Gasteiger partial charge in [0.1, 0.15) is 5.75 Å². The summed E-state index contributed by atoms with van der Waals surface area (Å²) in [5.41, 5.74) is 0.244. The monoisotopic (exact) mass is 524 g/mol. The van der Waals surface area contributed by atoms with Crippen LogP contribution in [0.25, 0.3) is 0 Å². The Kier molecular flexibility index (Phi) is 10.5. The van der Waals surface area contributed by atoms with Crippen molar-refractivity contribution in [3.63, 3.8) is 0 Å². The third kappa shape index (κ3) is 8.53. The summed E-state index contributed by atoms with van der Waals surface area (Å²) >= 11 is 0. The van der Waals surface area contributed by atoms with Crippen LogP contribution >= 0.6 is 0 Å². The van der Waals surface area contributed by atoms with Gasteiger partial charge in [0, 0.05) is 45.8 Å². The van der Waals surface area contributed by atoms with E-state index in [0.29, 0.717) is 57.1 Å². The van der Waals surface area contributed by atoms with Crippen molar-refractivity contribution in [1.29, 1.82) is 0 Å². The average Bonchev–Trinajstić information content (AvgIpc) is 2.89. The second-order valence-electron chi connectivity index (χ2n) is 9.16. The fourth-order valence-electron chi connectivity index (χ4n) is 4.53. The number of rotatable bonds is 12. The smallest absolute Gasteiger partial charge is 0.416 e. The van der Waals surface area contributed by atoms with E-state index in [2.05, 4.69) is 10.2 Å². The molecular formula is C27H35F3N2O5. The van der Waals surface area contributed by atoms with Gasteiger partial charge < -0.3 is 24.3 Å². The van der Waals surface area contributed by atoms with Crippen molar-refractivity contribution in [1.82, 2.24) is 10.2 Å². The molecule has 0 bridgehead atoms. The second-order valence-corrected chi connectivity index (χ2v) is 9.16. The number of methoxy groups -OCH3 is 3. The lowest BCUT2D eigenvalue weighted by molar-refractivity contribution is -0.137. The Bertz CT molecular complexity index is 1020. The molecule has 1 aliphatic rings. The van der Waals surface area contributed by atoms with Gasteiger partial charge in [0.2, 0.25) is 5.91 Å².